The number of aliphatic carboxylic acids is 1. The molecule has 0 aliphatic rings. The maximum absolute atomic E-state index is 11.2. The van der Waals surface area contributed by atoms with Crippen LogP contribution in [0.3, 0.4) is 0 Å². The van der Waals surface area contributed by atoms with Crippen molar-refractivity contribution in [2.75, 3.05) is 5.32 Å². The second-order valence-corrected chi connectivity index (χ2v) is 5.88. The van der Waals surface area contributed by atoms with E-state index in [1.165, 1.54) is 0 Å². The fourth-order valence-electron chi connectivity index (χ4n) is 2.94. The first-order valence-corrected chi connectivity index (χ1v) is 8.14. The summed E-state index contributed by atoms with van der Waals surface area (Å²) in [5, 5.41) is 14.4. The average molecular weight is 336 g/mol. The second-order valence-electron chi connectivity index (χ2n) is 5.88. The van der Waals surface area contributed by atoms with Gasteiger partial charge in [-0.2, -0.15) is 0 Å². The standard InChI is InChI=1S/C19H20N4O2/c1-2-15(17(20)19(24)25)12-3-5-14(6-4-12)23-18-16-8-9-21-11-13(16)7-10-22-18/h3-11,15,17H,2,20H2,1H3,(H,22,23)(H,24,25)/t15?,17-/m0/s1. The number of benzene rings is 1. The molecule has 1 aromatic carbocycles. The third-order valence-corrected chi connectivity index (χ3v) is 4.32. The van der Waals surface area contributed by atoms with Gasteiger partial charge in [-0.3, -0.25) is 9.78 Å². The van der Waals surface area contributed by atoms with E-state index in [2.05, 4.69) is 15.3 Å². The topological polar surface area (TPSA) is 101 Å². The van der Waals surface area contributed by atoms with Gasteiger partial charge in [-0.05, 0) is 36.2 Å². The third kappa shape index (κ3) is 3.59. The first-order chi connectivity index (χ1) is 12.1. The predicted octanol–water partition coefficient (Wildman–Crippen LogP) is 3.28. The number of hydrogen-bond acceptors (Lipinski definition) is 5. The molecule has 0 saturated heterocycles. The van der Waals surface area contributed by atoms with Crippen LogP contribution in [0, 0.1) is 0 Å². The Kier molecular flexibility index (Phi) is 4.90. The van der Waals surface area contributed by atoms with E-state index in [1.807, 2.05) is 43.3 Å². The number of pyridine rings is 2. The van der Waals surface area contributed by atoms with Gasteiger partial charge in [0, 0.05) is 41.0 Å². The summed E-state index contributed by atoms with van der Waals surface area (Å²) in [4.78, 5) is 19.7. The number of carboxylic acid groups (broad SMARTS) is 1. The summed E-state index contributed by atoms with van der Waals surface area (Å²) in [7, 11) is 0. The Labute approximate surface area is 145 Å². The van der Waals surface area contributed by atoms with Crippen LogP contribution in [0.4, 0.5) is 11.5 Å². The number of carboxylic acids is 1. The van der Waals surface area contributed by atoms with Crippen LogP contribution in [0.1, 0.15) is 24.8 Å². The Hall–Kier alpha value is -2.99. The fourth-order valence-corrected chi connectivity index (χ4v) is 2.94. The van der Waals surface area contributed by atoms with Crippen LogP contribution in [-0.2, 0) is 4.79 Å². The highest BCUT2D eigenvalue weighted by molar-refractivity contribution is 5.92. The fraction of sp³-hybridized carbons (Fsp3) is 0.211. The molecule has 0 amide bonds. The van der Waals surface area contributed by atoms with Crippen molar-refractivity contribution in [1.82, 2.24) is 9.97 Å². The minimum Gasteiger partial charge on any atom is -0.480 e. The molecule has 2 atom stereocenters. The van der Waals surface area contributed by atoms with Crippen LogP contribution in [0.5, 0.6) is 0 Å². The lowest BCUT2D eigenvalue weighted by atomic mass is 9.89. The molecule has 2 aromatic heterocycles. The Morgan fingerprint density at radius 3 is 2.64 bits per heavy atom. The molecular weight excluding hydrogens is 316 g/mol. The van der Waals surface area contributed by atoms with Gasteiger partial charge < -0.3 is 16.2 Å². The molecule has 0 aliphatic heterocycles. The van der Waals surface area contributed by atoms with E-state index < -0.39 is 12.0 Å². The molecule has 6 heteroatoms. The van der Waals surface area contributed by atoms with E-state index >= 15 is 0 Å². The van der Waals surface area contributed by atoms with E-state index in [9.17, 15) is 4.79 Å². The Morgan fingerprint density at radius 1 is 1.20 bits per heavy atom. The highest BCUT2D eigenvalue weighted by atomic mass is 16.4. The molecule has 0 radical (unpaired) electrons. The van der Waals surface area contributed by atoms with E-state index in [4.69, 9.17) is 10.8 Å². The Morgan fingerprint density at radius 2 is 1.96 bits per heavy atom. The van der Waals surface area contributed by atoms with E-state index in [1.54, 1.807) is 18.6 Å². The molecule has 0 spiro atoms. The lowest BCUT2D eigenvalue weighted by molar-refractivity contribution is -0.139. The van der Waals surface area contributed by atoms with Crippen LogP contribution < -0.4 is 11.1 Å². The molecule has 0 aliphatic carbocycles. The van der Waals surface area contributed by atoms with Crippen LogP contribution in [0.2, 0.25) is 0 Å². The summed E-state index contributed by atoms with van der Waals surface area (Å²) in [6, 6.07) is 10.6. The van der Waals surface area contributed by atoms with Crippen molar-refractivity contribution in [3.63, 3.8) is 0 Å². The number of carbonyl (C=O) groups is 1. The van der Waals surface area contributed by atoms with Crippen molar-refractivity contribution in [3.8, 4) is 0 Å². The molecule has 1 unspecified atom stereocenters. The zero-order valence-corrected chi connectivity index (χ0v) is 13.9. The maximum Gasteiger partial charge on any atom is 0.321 e. The molecule has 4 N–H and O–H groups in total. The van der Waals surface area contributed by atoms with Crippen LogP contribution >= 0.6 is 0 Å². The third-order valence-electron chi connectivity index (χ3n) is 4.32. The number of hydrogen-bond donors (Lipinski definition) is 3. The van der Waals surface area contributed by atoms with Gasteiger partial charge in [0.2, 0.25) is 0 Å². The van der Waals surface area contributed by atoms with Gasteiger partial charge in [0.05, 0.1) is 0 Å². The quantitative estimate of drug-likeness (QED) is 0.638. The lowest BCUT2D eigenvalue weighted by Gasteiger charge is -2.20. The van der Waals surface area contributed by atoms with Gasteiger partial charge in [-0.25, -0.2) is 4.98 Å². The van der Waals surface area contributed by atoms with Gasteiger partial charge in [-0.15, -0.1) is 0 Å². The number of nitrogens with zero attached hydrogens (tertiary/aromatic N) is 2. The van der Waals surface area contributed by atoms with Gasteiger partial charge in [0.25, 0.3) is 0 Å². The number of rotatable bonds is 6. The summed E-state index contributed by atoms with van der Waals surface area (Å²) < 4.78 is 0. The molecule has 0 fully saturated rings. The molecule has 2 heterocycles. The van der Waals surface area contributed by atoms with Crippen LogP contribution in [0.25, 0.3) is 10.8 Å². The monoisotopic (exact) mass is 336 g/mol. The maximum atomic E-state index is 11.2. The summed E-state index contributed by atoms with van der Waals surface area (Å²) in [6.07, 6.45) is 5.93. The summed E-state index contributed by atoms with van der Waals surface area (Å²) in [5.41, 5.74) is 7.59. The zero-order chi connectivity index (χ0) is 17.8. The van der Waals surface area contributed by atoms with Crippen LogP contribution in [0.15, 0.2) is 55.0 Å². The van der Waals surface area contributed by atoms with Gasteiger partial charge in [0.15, 0.2) is 0 Å². The number of fused-ring (bicyclic) bond motifs is 1. The minimum absolute atomic E-state index is 0.215. The number of aromatic nitrogens is 2. The highest BCUT2D eigenvalue weighted by Gasteiger charge is 2.24. The first kappa shape index (κ1) is 16.9. The van der Waals surface area contributed by atoms with Gasteiger partial charge in [-0.1, -0.05) is 19.1 Å². The molecular formula is C19H20N4O2. The Balaban J connectivity index is 1.84. The lowest BCUT2D eigenvalue weighted by Crippen LogP contribution is -2.36. The largest absolute Gasteiger partial charge is 0.480 e. The molecule has 25 heavy (non-hydrogen) atoms. The summed E-state index contributed by atoms with van der Waals surface area (Å²) in [5.74, 6) is -0.446. The number of nitrogens with two attached hydrogens (primary N) is 1. The summed E-state index contributed by atoms with van der Waals surface area (Å²) in [6.45, 7) is 1.94. The molecule has 3 aromatic rings. The van der Waals surface area contributed by atoms with Crippen molar-refractivity contribution in [1.29, 1.82) is 0 Å². The SMILES string of the molecule is CCC(c1ccc(Nc2nccc3cnccc23)cc1)[C@H](N)C(=O)O. The normalized spacial score (nSPS) is 13.4. The van der Waals surface area contributed by atoms with E-state index in [0.717, 1.165) is 27.8 Å². The zero-order valence-electron chi connectivity index (χ0n) is 13.9. The molecule has 0 bridgehead atoms. The summed E-state index contributed by atoms with van der Waals surface area (Å²) >= 11 is 0. The highest BCUT2D eigenvalue weighted by Crippen LogP contribution is 2.27. The average Bonchev–Trinajstić information content (AvgIpc) is 2.64. The van der Waals surface area contributed by atoms with Crippen molar-refractivity contribution < 1.29 is 9.90 Å². The molecule has 128 valence electrons. The molecule has 6 nitrogen and oxygen atoms in total. The molecule has 3 rings (SSSR count). The first-order valence-electron chi connectivity index (χ1n) is 8.14. The van der Waals surface area contributed by atoms with Crippen molar-refractivity contribution in [2.24, 2.45) is 5.73 Å². The van der Waals surface area contributed by atoms with Crippen LogP contribution in [-0.4, -0.2) is 27.1 Å². The van der Waals surface area contributed by atoms with Gasteiger partial charge >= 0.3 is 5.97 Å². The number of anilines is 2. The smallest absolute Gasteiger partial charge is 0.321 e. The van der Waals surface area contributed by atoms with Crippen molar-refractivity contribution >= 4 is 28.2 Å². The van der Waals surface area contributed by atoms with E-state index in [0.29, 0.717) is 6.42 Å². The predicted molar refractivity (Wildman–Crippen MR) is 97.9 cm³/mol. The van der Waals surface area contributed by atoms with Gasteiger partial charge in [0.1, 0.15) is 11.9 Å². The Bertz CT molecular complexity index is 875. The second kappa shape index (κ2) is 7.27. The van der Waals surface area contributed by atoms with Crippen molar-refractivity contribution in [3.05, 3.63) is 60.6 Å². The van der Waals surface area contributed by atoms with E-state index in [-0.39, 0.29) is 5.92 Å². The molecule has 0 saturated carbocycles. The number of nitrogens with one attached hydrogen (secondary N) is 1. The van der Waals surface area contributed by atoms with Crippen molar-refractivity contribution in [2.45, 2.75) is 25.3 Å². The minimum atomic E-state index is -0.984.